The molecule has 0 saturated carbocycles. The first-order chi connectivity index (χ1) is 14.7. The van der Waals surface area contributed by atoms with Crippen LogP contribution < -0.4 is 15.4 Å². The second-order valence-electron chi connectivity index (χ2n) is 6.92. The van der Waals surface area contributed by atoms with E-state index in [0.717, 1.165) is 18.6 Å². The molecule has 1 saturated heterocycles. The van der Waals surface area contributed by atoms with Crippen molar-refractivity contribution in [2.24, 2.45) is 0 Å². The monoisotopic (exact) mass is 453 g/mol. The van der Waals surface area contributed by atoms with E-state index in [-0.39, 0.29) is 17.4 Å². The average Bonchev–Trinajstić information content (AvgIpc) is 2.72. The topological polar surface area (TPSA) is 120 Å². The number of pyridine rings is 1. The molecule has 166 valence electrons. The van der Waals surface area contributed by atoms with Gasteiger partial charge in [-0.25, -0.2) is 13.8 Å². The van der Waals surface area contributed by atoms with Crippen LogP contribution in [0.5, 0.6) is 0 Å². The molecule has 0 unspecified atom stereocenters. The van der Waals surface area contributed by atoms with E-state index < -0.39 is 39.0 Å². The highest BCUT2D eigenvalue weighted by Gasteiger charge is 2.27. The van der Waals surface area contributed by atoms with E-state index in [0.29, 0.717) is 25.9 Å². The maximum Gasteiger partial charge on any atom is 0.301 e. The summed E-state index contributed by atoms with van der Waals surface area (Å²) >= 11 is 0. The van der Waals surface area contributed by atoms with Gasteiger partial charge in [0.25, 0.3) is 5.91 Å². The number of aromatic nitrogens is 1. The van der Waals surface area contributed by atoms with E-state index in [4.69, 9.17) is 0 Å². The molecule has 9 nitrogen and oxygen atoms in total. The lowest BCUT2D eigenvalue weighted by molar-refractivity contribution is -0.114. The van der Waals surface area contributed by atoms with E-state index in [1.54, 1.807) is 0 Å². The Balaban J connectivity index is 1.79. The molecular weight excluding hydrogens is 432 g/mol. The van der Waals surface area contributed by atoms with E-state index in [2.05, 4.69) is 20.3 Å². The van der Waals surface area contributed by atoms with Crippen LogP contribution in [0.2, 0.25) is 0 Å². The summed E-state index contributed by atoms with van der Waals surface area (Å²) in [6.45, 7) is 1.90. The number of nitrogens with one attached hydrogen (secondary N) is 3. The largest absolute Gasteiger partial charge is 0.320 e. The van der Waals surface area contributed by atoms with Gasteiger partial charge in [0.05, 0.1) is 17.6 Å². The Bertz CT molecular complexity index is 1090. The first kappa shape index (κ1) is 22.6. The summed E-state index contributed by atoms with van der Waals surface area (Å²) in [6.07, 6.45) is 3.48. The Morgan fingerprint density at radius 1 is 1.03 bits per heavy atom. The molecule has 0 atom stereocenters. The number of anilines is 3. The van der Waals surface area contributed by atoms with Gasteiger partial charge < -0.3 is 10.6 Å². The van der Waals surface area contributed by atoms with Crippen LogP contribution in [0.4, 0.5) is 26.0 Å². The molecule has 1 aromatic carbocycles. The molecule has 1 fully saturated rings. The van der Waals surface area contributed by atoms with Crippen molar-refractivity contribution in [3.8, 4) is 0 Å². The van der Waals surface area contributed by atoms with Crippen LogP contribution in [0.15, 0.2) is 30.5 Å². The second kappa shape index (κ2) is 9.35. The summed E-state index contributed by atoms with van der Waals surface area (Å²) in [4.78, 5) is 27.4. The smallest absolute Gasteiger partial charge is 0.301 e. The van der Waals surface area contributed by atoms with Gasteiger partial charge in [-0.15, -0.1) is 0 Å². The number of halogens is 2. The van der Waals surface area contributed by atoms with Gasteiger partial charge >= 0.3 is 10.2 Å². The Morgan fingerprint density at radius 3 is 2.35 bits per heavy atom. The summed E-state index contributed by atoms with van der Waals surface area (Å²) in [5.74, 6) is -3.71. The third-order valence-corrected chi connectivity index (χ3v) is 6.06. The van der Waals surface area contributed by atoms with Crippen molar-refractivity contribution < 1.29 is 26.8 Å². The van der Waals surface area contributed by atoms with Gasteiger partial charge in [-0.05, 0) is 37.1 Å². The summed E-state index contributed by atoms with van der Waals surface area (Å²) < 4.78 is 57.4. The predicted octanol–water partition coefficient (Wildman–Crippen LogP) is 2.71. The van der Waals surface area contributed by atoms with Crippen LogP contribution in [0.3, 0.4) is 0 Å². The Labute approximate surface area is 178 Å². The standard InChI is InChI=1S/C19H21F2N5O4S/c1-12(27)23-16-8-5-13(11-22-16)24-19(28)17-14(20)6-7-15(18(17)21)25-31(29,30)26-9-3-2-4-10-26/h5-8,11,25H,2-4,9-10H2,1H3,(H,24,28)(H,22,23,27). The van der Waals surface area contributed by atoms with E-state index in [1.807, 2.05) is 0 Å². The number of piperidine rings is 1. The van der Waals surface area contributed by atoms with Crippen molar-refractivity contribution in [3.63, 3.8) is 0 Å². The van der Waals surface area contributed by atoms with E-state index >= 15 is 0 Å². The summed E-state index contributed by atoms with van der Waals surface area (Å²) in [5, 5.41) is 4.73. The molecule has 0 aliphatic carbocycles. The van der Waals surface area contributed by atoms with Crippen molar-refractivity contribution in [1.82, 2.24) is 9.29 Å². The molecule has 0 spiro atoms. The molecule has 0 radical (unpaired) electrons. The fraction of sp³-hybridized carbons (Fsp3) is 0.316. The highest BCUT2D eigenvalue weighted by Crippen LogP contribution is 2.25. The van der Waals surface area contributed by atoms with Gasteiger partial charge in [0, 0.05) is 20.0 Å². The van der Waals surface area contributed by atoms with Crippen LogP contribution in [-0.2, 0) is 15.0 Å². The van der Waals surface area contributed by atoms with Gasteiger partial charge in [0.1, 0.15) is 17.2 Å². The number of hydrogen-bond donors (Lipinski definition) is 3. The summed E-state index contributed by atoms with van der Waals surface area (Å²) in [6, 6.07) is 4.51. The van der Waals surface area contributed by atoms with Crippen LogP contribution in [-0.4, -0.2) is 42.6 Å². The van der Waals surface area contributed by atoms with E-state index in [1.165, 1.54) is 29.6 Å². The lowest BCUT2D eigenvalue weighted by Gasteiger charge is -2.26. The first-order valence-electron chi connectivity index (χ1n) is 9.48. The number of carbonyl (C=O) groups excluding carboxylic acids is 2. The number of benzene rings is 1. The van der Waals surface area contributed by atoms with E-state index in [9.17, 15) is 26.8 Å². The zero-order chi connectivity index (χ0) is 22.6. The van der Waals surface area contributed by atoms with Crippen molar-refractivity contribution in [3.05, 3.63) is 47.7 Å². The molecule has 2 aromatic rings. The van der Waals surface area contributed by atoms with Crippen molar-refractivity contribution in [2.45, 2.75) is 26.2 Å². The number of nitrogens with zero attached hydrogens (tertiary/aromatic N) is 2. The molecule has 3 rings (SSSR count). The third kappa shape index (κ3) is 5.52. The lowest BCUT2D eigenvalue weighted by atomic mass is 10.1. The lowest BCUT2D eigenvalue weighted by Crippen LogP contribution is -2.39. The highest BCUT2D eigenvalue weighted by molar-refractivity contribution is 7.90. The van der Waals surface area contributed by atoms with Gasteiger partial charge in [0.15, 0.2) is 5.82 Å². The molecule has 2 amide bonds. The Kier molecular flexibility index (Phi) is 6.81. The van der Waals surface area contributed by atoms with Gasteiger partial charge in [0.2, 0.25) is 5.91 Å². The minimum absolute atomic E-state index is 0.122. The van der Waals surface area contributed by atoms with Gasteiger partial charge in [-0.3, -0.25) is 14.3 Å². The molecule has 1 aliphatic rings. The minimum atomic E-state index is -4.04. The SMILES string of the molecule is CC(=O)Nc1ccc(NC(=O)c2c(F)ccc(NS(=O)(=O)N3CCCCC3)c2F)cn1. The molecule has 2 heterocycles. The van der Waals surface area contributed by atoms with Crippen LogP contribution in [0, 0.1) is 11.6 Å². The maximum absolute atomic E-state index is 14.9. The van der Waals surface area contributed by atoms with Crippen molar-refractivity contribution >= 4 is 39.2 Å². The maximum atomic E-state index is 14.9. The first-order valence-corrected chi connectivity index (χ1v) is 10.9. The number of hydrogen-bond acceptors (Lipinski definition) is 5. The molecule has 3 N–H and O–H groups in total. The summed E-state index contributed by atoms with van der Waals surface area (Å²) in [7, 11) is -4.04. The molecule has 1 aliphatic heterocycles. The van der Waals surface area contributed by atoms with Crippen LogP contribution >= 0.6 is 0 Å². The van der Waals surface area contributed by atoms with Gasteiger partial charge in [-0.2, -0.15) is 12.7 Å². The normalized spacial score (nSPS) is 14.7. The minimum Gasteiger partial charge on any atom is -0.320 e. The fourth-order valence-corrected chi connectivity index (χ4v) is 4.37. The quantitative estimate of drug-likeness (QED) is 0.621. The highest BCUT2D eigenvalue weighted by atomic mass is 32.2. The summed E-state index contributed by atoms with van der Waals surface area (Å²) in [5.41, 5.74) is -1.35. The molecule has 0 bridgehead atoms. The number of amides is 2. The average molecular weight is 453 g/mol. The predicted molar refractivity (Wildman–Crippen MR) is 111 cm³/mol. The fourth-order valence-electron chi connectivity index (χ4n) is 3.06. The van der Waals surface area contributed by atoms with Crippen molar-refractivity contribution in [1.29, 1.82) is 0 Å². The zero-order valence-corrected chi connectivity index (χ0v) is 17.4. The Morgan fingerprint density at radius 2 is 1.74 bits per heavy atom. The van der Waals surface area contributed by atoms with Crippen molar-refractivity contribution in [2.75, 3.05) is 28.4 Å². The Hall–Kier alpha value is -3.12. The second-order valence-corrected chi connectivity index (χ2v) is 8.59. The number of carbonyl (C=O) groups is 2. The molecular formula is C19H21F2N5O4S. The third-order valence-electron chi connectivity index (χ3n) is 4.54. The number of rotatable bonds is 6. The van der Waals surface area contributed by atoms with Gasteiger partial charge in [-0.1, -0.05) is 6.42 Å². The zero-order valence-electron chi connectivity index (χ0n) is 16.6. The van der Waals surface area contributed by atoms with Crippen LogP contribution in [0.25, 0.3) is 0 Å². The van der Waals surface area contributed by atoms with Crippen LogP contribution in [0.1, 0.15) is 36.5 Å². The molecule has 12 heteroatoms. The molecule has 31 heavy (non-hydrogen) atoms. The molecule has 1 aromatic heterocycles.